The van der Waals surface area contributed by atoms with E-state index in [2.05, 4.69) is 15.1 Å². The summed E-state index contributed by atoms with van der Waals surface area (Å²) in [5.41, 5.74) is 1.83. The van der Waals surface area contributed by atoms with Gasteiger partial charge in [-0.1, -0.05) is 18.2 Å². The van der Waals surface area contributed by atoms with Crippen molar-refractivity contribution in [3.63, 3.8) is 0 Å². The fourth-order valence-corrected chi connectivity index (χ4v) is 2.00. The van der Waals surface area contributed by atoms with E-state index < -0.39 is 5.92 Å². The summed E-state index contributed by atoms with van der Waals surface area (Å²) >= 11 is 0. The van der Waals surface area contributed by atoms with Crippen LogP contribution in [0.5, 0.6) is 0 Å². The number of aromatic nitrogens is 4. The first-order chi connectivity index (χ1) is 9.85. The Morgan fingerprint density at radius 1 is 1.05 bits per heavy atom. The Morgan fingerprint density at radius 3 is 2.50 bits per heavy atom. The molecule has 0 aliphatic heterocycles. The van der Waals surface area contributed by atoms with Gasteiger partial charge in [-0.15, -0.1) is 0 Å². The van der Waals surface area contributed by atoms with Gasteiger partial charge in [-0.3, -0.25) is 0 Å². The number of rotatable bonds is 2. The Kier molecular flexibility index (Phi) is 2.83. The highest BCUT2D eigenvalue weighted by Crippen LogP contribution is 2.23. The van der Waals surface area contributed by atoms with Crippen LogP contribution in [0.4, 0.5) is 0 Å². The molecule has 0 N–H and O–H groups in total. The number of benzene rings is 1. The molecule has 0 unspecified atom stereocenters. The molecule has 2 heterocycles. The lowest BCUT2D eigenvalue weighted by molar-refractivity contribution is 0.893. The van der Waals surface area contributed by atoms with Crippen molar-refractivity contribution in [3.05, 3.63) is 48.5 Å². The maximum Gasteiger partial charge on any atom is 0.175 e. The van der Waals surface area contributed by atoms with Crippen LogP contribution >= 0.6 is 0 Å². The minimum atomic E-state index is -0.922. The molecule has 0 bridgehead atoms. The lowest BCUT2D eigenvalue weighted by atomic mass is 10.1. The Labute approximate surface area is 114 Å². The highest BCUT2D eigenvalue weighted by atomic mass is 15.3. The van der Waals surface area contributed by atoms with E-state index in [0.717, 1.165) is 5.69 Å². The summed E-state index contributed by atoms with van der Waals surface area (Å²) in [4.78, 5) is 8.25. The van der Waals surface area contributed by atoms with Crippen molar-refractivity contribution in [3.8, 4) is 17.8 Å². The maximum atomic E-state index is 9.00. The van der Waals surface area contributed by atoms with E-state index >= 15 is 0 Å². The minimum absolute atomic E-state index is 0.391. The van der Waals surface area contributed by atoms with Gasteiger partial charge in [0.05, 0.1) is 35.1 Å². The van der Waals surface area contributed by atoms with E-state index in [4.69, 9.17) is 10.5 Å². The fourth-order valence-electron chi connectivity index (χ4n) is 2.00. The second kappa shape index (κ2) is 4.79. The molecule has 94 valence electrons. The Bertz CT molecular complexity index is 823. The molecule has 6 nitrogen and oxygen atoms in total. The summed E-state index contributed by atoms with van der Waals surface area (Å²) in [5, 5.41) is 22.9. The molecule has 0 amide bonds. The average molecular weight is 260 g/mol. The van der Waals surface area contributed by atoms with E-state index in [1.165, 1.54) is 6.33 Å². The molecule has 0 aliphatic carbocycles. The van der Waals surface area contributed by atoms with Crippen molar-refractivity contribution in [2.24, 2.45) is 0 Å². The van der Waals surface area contributed by atoms with Gasteiger partial charge in [-0.05, 0) is 12.1 Å². The number of fused-ring (bicyclic) bond motifs is 1. The number of hydrogen-bond donors (Lipinski definition) is 0. The topological polar surface area (TPSA) is 91.2 Å². The molecular weight excluding hydrogens is 252 g/mol. The predicted molar refractivity (Wildman–Crippen MR) is 70.6 cm³/mol. The van der Waals surface area contributed by atoms with Crippen LogP contribution in [0, 0.1) is 22.7 Å². The molecule has 0 saturated carbocycles. The third-order valence-electron chi connectivity index (χ3n) is 2.93. The van der Waals surface area contributed by atoms with E-state index in [0.29, 0.717) is 16.7 Å². The molecule has 0 saturated heterocycles. The van der Waals surface area contributed by atoms with Gasteiger partial charge >= 0.3 is 0 Å². The lowest BCUT2D eigenvalue weighted by Gasteiger charge is -2.03. The van der Waals surface area contributed by atoms with Gasteiger partial charge in [0, 0.05) is 0 Å². The third-order valence-corrected chi connectivity index (χ3v) is 2.93. The molecule has 3 aromatic rings. The van der Waals surface area contributed by atoms with Crippen LogP contribution in [0.2, 0.25) is 0 Å². The van der Waals surface area contributed by atoms with Crippen LogP contribution in [-0.4, -0.2) is 19.7 Å². The van der Waals surface area contributed by atoms with Gasteiger partial charge in [0.25, 0.3) is 0 Å². The zero-order chi connectivity index (χ0) is 13.9. The molecule has 1 aromatic carbocycles. The summed E-state index contributed by atoms with van der Waals surface area (Å²) in [5.74, 6) is -0.922. The van der Waals surface area contributed by atoms with Crippen molar-refractivity contribution in [1.29, 1.82) is 10.5 Å². The summed E-state index contributed by atoms with van der Waals surface area (Å²) < 4.78 is 1.66. The van der Waals surface area contributed by atoms with E-state index in [1.807, 2.05) is 42.5 Å². The largest absolute Gasteiger partial charge is 0.238 e. The standard InChI is InChI=1S/C14H8N6/c15-6-10(7-16)13-12-8-19-20(14(12)18-9-17-13)11-4-2-1-3-5-11/h1-5,8-10H. The average Bonchev–Trinajstić information content (AvgIpc) is 2.94. The summed E-state index contributed by atoms with van der Waals surface area (Å²) in [6.45, 7) is 0. The van der Waals surface area contributed by atoms with Crippen LogP contribution in [0.15, 0.2) is 42.9 Å². The number of hydrogen-bond acceptors (Lipinski definition) is 5. The third kappa shape index (κ3) is 1.76. The predicted octanol–water partition coefficient (Wildman–Crippen LogP) is 1.95. The Balaban J connectivity index is 2.24. The minimum Gasteiger partial charge on any atom is -0.238 e. The van der Waals surface area contributed by atoms with E-state index in [9.17, 15) is 0 Å². The molecule has 0 radical (unpaired) electrons. The van der Waals surface area contributed by atoms with Gasteiger partial charge in [-0.25, -0.2) is 14.6 Å². The van der Waals surface area contributed by atoms with Crippen molar-refractivity contribution >= 4 is 11.0 Å². The molecule has 20 heavy (non-hydrogen) atoms. The quantitative estimate of drug-likeness (QED) is 0.702. The molecular formula is C14H8N6. The zero-order valence-electron chi connectivity index (χ0n) is 10.3. The summed E-state index contributed by atoms with van der Waals surface area (Å²) in [6.07, 6.45) is 2.93. The van der Waals surface area contributed by atoms with Gasteiger partial charge in [0.1, 0.15) is 6.33 Å². The molecule has 0 spiro atoms. The first-order valence-electron chi connectivity index (χ1n) is 5.88. The first kappa shape index (κ1) is 11.8. The summed E-state index contributed by atoms with van der Waals surface area (Å²) in [7, 11) is 0. The molecule has 6 heteroatoms. The van der Waals surface area contributed by atoms with Gasteiger partial charge < -0.3 is 0 Å². The maximum absolute atomic E-state index is 9.00. The van der Waals surface area contributed by atoms with Crippen molar-refractivity contribution in [1.82, 2.24) is 19.7 Å². The van der Waals surface area contributed by atoms with Crippen molar-refractivity contribution < 1.29 is 0 Å². The van der Waals surface area contributed by atoms with Gasteiger partial charge in [-0.2, -0.15) is 15.6 Å². The molecule has 3 rings (SSSR count). The molecule has 0 atom stereocenters. The van der Waals surface area contributed by atoms with Crippen LogP contribution in [0.25, 0.3) is 16.7 Å². The Hall–Kier alpha value is -3.25. The normalized spacial score (nSPS) is 10.3. The van der Waals surface area contributed by atoms with Crippen LogP contribution in [-0.2, 0) is 0 Å². The summed E-state index contributed by atoms with van der Waals surface area (Å²) in [6, 6.07) is 13.4. The number of nitriles is 2. The van der Waals surface area contributed by atoms with E-state index in [-0.39, 0.29) is 0 Å². The van der Waals surface area contributed by atoms with Crippen LogP contribution in [0.1, 0.15) is 11.6 Å². The van der Waals surface area contributed by atoms with E-state index in [1.54, 1.807) is 10.9 Å². The van der Waals surface area contributed by atoms with Gasteiger partial charge in [0.15, 0.2) is 11.6 Å². The second-order valence-electron chi connectivity index (χ2n) is 4.08. The number of para-hydroxylation sites is 1. The van der Waals surface area contributed by atoms with Crippen LogP contribution < -0.4 is 0 Å². The number of nitrogens with zero attached hydrogens (tertiary/aromatic N) is 6. The zero-order valence-corrected chi connectivity index (χ0v) is 10.3. The molecule has 0 fully saturated rings. The monoisotopic (exact) mass is 260 g/mol. The van der Waals surface area contributed by atoms with Crippen molar-refractivity contribution in [2.75, 3.05) is 0 Å². The molecule has 0 aliphatic rings. The fraction of sp³-hybridized carbons (Fsp3) is 0.0714. The first-order valence-corrected chi connectivity index (χ1v) is 5.88. The van der Waals surface area contributed by atoms with Crippen LogP contribution in [0.3, 0.4) is 0 Å². The molecule has 2 aromatic heterocycles. The highest BCUT2D eigenvalue weighted by Gasteiger charge is 2.18. The lowest BCUT2D eigenvalue weighted by Crippen LogP contribution is -2.01. The van der Waals surface area contributed by atoms with Gasteiger partial charge in [0.2, 0.25) is 0 Å². The second-order valence-corrected chi connectivity index (χ2v) is 4.08. The van der Waals surface area contributed by atoms with Crippen molar-refractivity contribution in [2.45, 2.75) is 5.92 Å². The highest BCUT2D eigenvalue weighted by molar-refractivity contribution is 5.79. The Morgan fingerprint density at radius 2 is 1.80 bits per heavy atom. The SMILES string of the molecule is N#CC(C#N)c1ncnc2c1cnn2-c1ccccc1. The smallest absolute Gasteiger partial charge is 0.175 e.